The second-order valence-electron chi connectivity index (χ2n) is 7.16. The zero-order chi connectivity index (χ0) is 20.3. The molecule has 158 valence electrons. The molecule has 0 spiro atoms. The molecule has 1 aromatic heterocycles. The maximum atomic E-state index is 12.2. The number of nitrogens with one attached hydrogen (secondary N) is 3. The number of hydrogen-bond acceptors (Lipinski definition) is 5. The molecule has 0 amide bonds. The van der Waals surface area contributed by atoms with E-state index >= 15 is 0 Å². The third-order valence-corrected chi connectivity index (χ3v) is 6.52. The van der Waals surface area contributed by atoms with E-state index < -0.39 is 10.0 Å². The fraction of sp³-hybridized carbons (Fsp3) is 0.684. The van der Waals surface area contributed by atoms with Crippen molar-refractivity contribution in [3.8, 4) is 0 Å². The Labute approximate surface area is 168 Å². The SMILES string of the molecule is CCNC(=NCC1(CCOC)CCCC1)NCCNS(=O)(=O)c1cccnc1. The van der Waals surface area contributed by atoms with Gasteiger partial charge in [-0.2, -0.15) is 0 Å². The standard InChI is InChI=1S/C19H33N5O3S/c1-3-21-18(23-16-19(10-14-27-2)8-4-5-9-19)22-12-13-24-28(25,26)17-7-6-11-20-15-17/h6-7,11,15,24H,3-5,8-10,12-14,16H2,1-2H3,(H2,21,22,23). The van der Waals surface area contributed by atoms with Crippen LogP contribution in [0, 0.1) is 5.41 Å². The van der Waals surface area contributed by atoms with Gasteiger partial charge in [0, 0.05) is 52.3 Å². The molecule has 0 radical (unpaired) electrons. The zero-order valence-electron chi connectivity index (χ0n) is 16.9. The number of ether oxygens (including phenoxy) is 1. The highest BCUT2D eigenvalue weighted by Gasteiger charge is 2.33. The first kappa shape index (κ1) is 22.6. The average Bonchev–Trinajstić information content (AvgIpc) is 3.17. The lowest BCUT2D eigenvalue weighted by molar-refractivity contribution is 0.141. The molecule has 1 fully saturated rings. The molecular weight excluding hydrogens is 378 g/mol. The van der Waals surface area contributed by atoms with Crippen molar-refractivity contribution in [2.75, 3.05) is 39.9 Å². The number of guanidine groups is 1. The Morgan fingerprint density at radius 2 is 2.07 bits per heavy atom. The van der Waals surface area contributed by atoms with E-state index in [1.807, 2.05) is 6.92 Å². The summed E-state index contributed by atoms with van der Waals surface area (Å²) >= 11 is 0. The van der Waals surface area contributed by atoms with Gasteiger partial charge in [0.1, 0.15) is 4.90 Å². The summed E-state index contributed by atoms with van der Waals surface area (Å²) in [6, 6.07) is 3.13. The van der Waals surface area contributed by atoms with Crippen LogP contribution in [0.4, 0.5) is 0 Å². The first-order chi connectivity index (χ1) is 13.5. The smallest absolute Gasteiger partial charge is 0.242 e. The molecule has 0 aromatic carbocycles. The van der Waals surface area contributed by atoms with E-state index in [2.05, 4.69) is 20.3 Å². The maximum absolute atomic E-state index is 12.2. The van der Waals surface area contributed by atoms with Crippen LogP contribution in [0.2, 0.25) is 0 Å². The lowest BCUT2D eigenvalue weighted by Crippen LogP contribution is -2.42. The lowest BCUT2D eigenvalue weighted by Gasteiger charge is -2.27. The molecule has 1 saturated carbocycles. The van der Waals surface area contributed by atoms with E-state index in [-0.39, 0.29) is 16.9 Å². The van der Waals surface area contributed by atoms with Gasteiger partial charge in [-0.1, -0.05) is 12.8 Å². The summed E-state index contributed by atoms with van der Waals surface area (Å²) in [6.45, 7) is 4.98. The molecule has 28 heavy (non-hydrogen) atoms. The number of aliphatic imine (C=N–C) groups is 1. The Balaban J connectivity index is 1.85. The minimum Gasteiger partial charge on any atom is -0.385 e. The highest BCUT2D eigenvalue weighted by atomic mass is 32.2. The molecule has 1 heterocycles. The summed E-state index contributed by atoms with van der Waals surface area (Å²) in [4.78, 5) is 8.78. The van der Waals surface area contributed by atoms with E-state index in [9.17, 15) is 8.42 Å². The highest BCUT2D eigenvalue weighted by molar-refractivity contribution is 7.89. The van der Waals surface area contributed by atoms with Crippen molar-refractivity contribution in [3.63, 3.8) is 0 Å². The van der Waals surface area contributed by atoms with Crippen LogP contribution in [0.3, 0.4) is 0 Å². The quantitative estimate of drug-likeness (QED) is 0.290. The van der Waals surface area contributed by atoms with Crippen LogP contribution in [0.5, 0.6) is 0 Å². The molecule has 1 aliphatic rings. The largest absolute Gasteiger partial charge is 0.385 e. The Hall–Kier alpha value is -1.71. The van der Waals surface area contributed by atoms with Gasteiger partial charge < -0.3 is 15.4 Å². The van der Waals surface area contributed by atoms with Gasteiger partial charge in [0.15, 0.2) is 5.96 Å². The van der Waals surface area contributed by atoms with Crippen LogP contribution in [0.1, 0.15) is 39.0 Å². The van der Waals surface area contributed by atoms with Gasteiger partial charge in [-0.05, 0) is 43.7 Å². The number of pyridine rings is 1. The predicted octanol–water partition coefficient (Wildman–Crippen LogP) is 1.51. The summed E-state index contributed by atoms with van der Waals surface area (Å²) in [7, 11) is -1.80. The van der Waals surface area contributed by atoms with Gasteiger partial charge in [-0.3, -0.25) is 9.98 Å². The van der Waals surface area contributed by atoms with Gasteiger partial charge in [0.25, 0.3) is 0 Å². The van der Waals surface area contributed by atoms with Gasteiger partial charge in [0.05, 0.1) is 0 Å². The van der Waals surface area contributed by atoms with Gasteiger partial charge in [0.2, 0.25) is 10.0 Å². The summed E-state index contributed by atoms with van der Waals surface area (Å²) in [5, 5.41) is 6.44. The zero-order valence-corrected chi connectivity index (χ0v) is 17.7. The van der Waals surface area contributed by atoms with Crippen molar-refractivity contribution < 1.29 is 13.2 Å². The number of aromatic nitrogens is 1. The molecular formula is C19H33N5O3S. The van der Waals surface area contributed by atoms with Crippen molar-refractivity contribution in [1.29, 1.82) is 0 Å². The third kappa shape index (κ3) is 7.03. The average molecular weight is 412 g/mol. The van der Waals surface area contributed by atoms with E-state index in [1.165, 1.54) is 37.9 Å². The fourth-order valence-electron chi connectivity index (χ4n) is 3.47. The molecule has 2 rings (SSSR count). The highest BCUT2D eigenvalue weighted by Crippen LogP contribution is 2.41. The van der Waals surface area contributed by atoms with Crippen molar-refractivity contribution in [2.45, 2.75) is 43.9 Å². The van der Waals surface area contributed by atoms with Crippen molar-refractivity contribution >= 4 is 16.0 Å². The first-order valence-electron chi connectivity index (χ1n) is 9.92. The predicted molar refractivity (Wildman–Crippen MR) is 111 cm³/mol. The maximum Gasteiger partial charge on any atom is 0.242 e. The van der Waals surface area contributed by atoms with Crippen molar-refractivity contribution in [3.05, 3.63) is 24.5 Å². The molecule has 0 aliphatic heterocycles. The summed E-state index contributed by atoms with van der Waals surface area (Å²) < 4.78 is 32.3. The minimum absolute atomic E-state index is 0.164. The minimum atomic E-state index is -3.54. The van der Waals surface area contributed by atoms with E-state index in [1.54, 1.807) is 19.4 Å². The number of rotatable bonds is 11. The Bertz CT molecular complexity index is 704. The normalized spacial score (nSPS) is 16.9. The number of nitrogens with zero attached hydrogens (tertiary/aromatic N) is 2. The van der Waals surface area contributed by atoms with Crippen molar-refractivity contribution in [2.24, 2.45) is 10.4 Å². The van der Waals surface area contributed by atoms with Gasteiger partial charge >= 0.3 is 0 Å². The lowest BCUT2D eigenvalue weighted by atomic mass is 9.83. The van der Waals surface area contributed by atoms with E-state index in [0.717, 1.165) is 26.1 Å². The van der Waals surface area contributed by atoms with Crippen LogP contribution in [0.25, 0.3) is 0 Å². The van der Waals surface area contributed by atoms with Crippen LogP contribution in [0.15, 0.2) is 34.4 Å². The molecule has 0 bridgehead atoms. The molecule has 0 unspecified atom stereocenters. The Morgan fingerprint density at radius 1 is 1.29 bits per heavy atom. The second-order valence-corrected chi connectivity index (χ2v) is 8.93. The summed E-state index contributed by atoms with van der Waals surface area (Å²) in [5.41, 5.74) is 0.222. The number of hydrogen-bond donors (Lipinski definition) is 3. The first-order valence-corrected chi connectivity index (χ1v) is 11.4. The number of sulfonamides is 1. The Kier molecular flexibility index (Phi) is 9.14. The van der Waals surface area contributed by atoms with Crippen LogP contribution >= 0.6 is 0 Å². The van der Waals surface area contributed by atoms with Crippen molar-refractivity contribution in [1.82, 2.24) is 20.3 Å². The molecule has 3 N–H and O–H groups in total. The molecule has 0 saturated heterocycles. The second kappa shape index (κ2) is 11.3. The summed E-state index contributed by atoms with van der Waals surface area (Å²) in [6.07, 6.45) is 8.77. The number of methoxy groups -OCH3 is 1. The molecule has 9 heteroatoms. The molecule has 8 nitrogen and oxygen atoms in total. The molecule has 1 aromatic rings. The van der Waals surface area contributed by atoms with Crippen LogP contribution in [-0.2, 0) is 14.8 Å². The fourth-order valence-corrected chi connectivity index (χ4v) is 4.47. The van der Waals surface area contributed by atoms with Crippen LogP contribution in [-0.4, -0.2) is 59.3 Å². The third-order valence-electron chi connectivity index (χ3n) is 5.07. The monoisotopic (exact) mass is 411 g/mol. The van der Waals surface area contributed by atoms with Gasteiger partial charge in [-0.25, -0.2) is 13.1 Å². The van der Waals surface area contributed by atoms with Gasteiger partial charge in [-0.15, -0.1) is 0 Å². The van der Waals surface area contributed by atoms with Crippen LogP contribution < -0.4 is 15.4 Å². The molecule has 0 atom stereocenters. The van der Waals surface area contributed by atoms with E-state index in [0.29, 0.717) is 12.5 Å². The Morgan fingerprint density at radius 3 is 2.71 bits per heavy atom. The molecule has 1 aliphatic carbocycles. The van der Waals surface area contributed by atoms with E-state index in [4.69, 9.17) is 9.73 Å². The summed E-state index contributed by atoms with van der Waals surface area (Å²) in [5.74, 6) is 0.715. The topological polar surface area (TPSA) is 105 Å².